The number of hydrogen-bond donors (Lipinski definition) is 0. The fourth-order valence-corrected chi connectivity index (χ4v) is 5.32. The topological polar surface area (TPSA) is 26.3 Å². The highest BCUT2D eigenvalue weighted by Gasteiger charge is 2.31. The Morgan fingerprint density at radius 3 is 2.30 bits per heavy atom. The van der Waals surface area contributed by atoms with Gasteiger partial charge in [-0.05, 0) is 67.1 Å². The Kier molecular flexibility index (Phi) is 6.55. The van der Waals surface area contributed by atoms with Gasteiger partial charge in [-0.3, -0.25) is 4.79 Å². The number of hydrogen-bond acceptors (Lipinski definition) is 2. The van der Waals surface area contributed by atoms with Crippen molar-refractivity contribution in [3.8, 4) is 16.9 Å². The number of benzene rings is 2. The molecule has 0 spiro atoms. The second-order valence-electron chi connectivity index (χ2n) is 9.15. The number of fused-ring (bicyclic) bond motifs is 1. The molecule has 2 aromatic rings. The van der Waals surface area contributed by atoms with E-state index >= 15 is 4.39 Å². The van der Waals surface area contributed by atoms with Crippen LogP contribution < -0.4 is 4.74 Å². The third kappa shape index (κ3) is 4.31. The lowest BCUT2D eigenvalue weighted by atomic mass is 9.77. The molecule has 0 amide bonds. The second-order valence-corrected chi connectivity index (χ2v) is 9.15. The zero-order valence-electron chi connectivity index (χ0n) is 18.3. The summed E-state index contributed by atoms with van der Waals surface area (Å²) in [5, 5.41) is 0. The Morgan fingerprint density at radius 2 is 1.63 bits per heavy atom. The summed E-state index contributed by atoms with van der Waals surface area (Å²) < 4.78 is 20.6. The van der Waals surface area contributed by atoms with Gasteiger partial charge in [-0.15, -0.1) is 0 Å². The first-order chi connectivity index (χ1) is 14.6. The average Bonchev–Trinajstić information content (AvgIpc) is 2.76. The minimum atomic E-state index is -0.413. The first-order valence-corrected chi connectivity index (χ1v) is 11.7. The summed E-state index contributed by atoms with van der Waals surface area (Å²) in [4.78, 5) is 12.2. The predicted molar refractivity (Wildman–Crippen MR) is 119 cm³/mol. The number of carbonyl (C=O) groups is 1. The lowest BCUT2D eigenvalue weighted by molar-refractivity contribution is -0.140. The lowest BCUT2D eigenvalue weighted by Crippen LogP contribution is -2.28. The van der Waals surface area contributed by atoms with Crippen LogP contribution in [0.2, 0.25) is 0 Å². The fourth-order valence-electron chi connectivity index (χ4n) is 5.32. The Balaban J connectivity index is 1.50. The van der Waals surface area contributed by atoms with Crippen molar-refractivity contribution in [1.29, 1.82) is 0 Å². The van der Waals surface area contributed by atoms with E-state index < -0.39 is 5.82 Å². The van der Waals surface area contributed by atoms with Crippen molar-refractivity contribution in [2.75, 3.05) is 0 Å². The van der Waals surface area contributed by atoms with E-state index in [2.05, 4.69) is 19.1 Å². The first-order valence-electron chi connectivity index (χ1n) is 11.7. The van der Waals surface area contributed by atoms with Crippen molar-refractivity contribution >= 4 is 5.97 Å². The van der Waals surface area contributed by atoms with Gasteiger partial charge in [0.15, 0.2) is 11.6 Å². The molecule has 2 aromatic carbocycles. The SMILES string of the molecule is CCCC1CCC(c2ccc(-c3ccc4c(c3F)OC(=O)C(CCC)C4)cc2)CC1. The maximum atomic E-state index is 15.2. The van der Waals surface area contributed by atoms with Gasteiger partial charge in [0.25, 0.3) is 0 Å². The maximum absolute atomic E-state index is 15.2. The molecule has 1 unspecified atom stereocenters. The van der Waals surface area contributed by atoms with Crippen LogP contribution in [-0.2, 0) is 11.2 Å². The van der Waals surface area contributed by atoms with Crippen molar-refractivity contribution in [1.82, 2.24) is 0 Å². The van der Waals surface area contributed by atoms with Crippen LogP contribution in [0, 0.1) is 17.7 Å². The van der Waals surface area contributed by atoms with E-state index in [9.17, 15) is 4.79 Å². The smallest absolute Gasteiger partial charge is 0.314 e. The molecule has 1 heterocycles. The van der Waals surface area contributed by atoms with E-state index in [0.717, 1.165) is 29.9 Å². The first kappa shape index (κ1) is 21.1. The van der Waals surface area contributed by atoms with Gasteiger partial charge in [-0.2, -0.15) is 0 Å². The summed E-state index contributed by atoms with van der Waals surface area (Å²) in [6, 6.07) is 12.1. The lowest BCUT2D eigenvalue weighted by Gasteiger charge is -2.28. The van der Waals surface area contributed by atoms with Crippen molar-refractivity contribution in [2.24, 2.45) is 11.8 Å². The molecule has 2 nitrogen and oxygen atoms in total. The highest BCUT2D eigenvalue weighted by Crippen LogP contribution is 2.40. The summed E-state index contributed by atoms with van der Waals surface area (Å²) in [6.07, 6.45) is 10.1. The maximum Gasteiger partial charge on any atom is 0.314 e. The molecule has 0 aromatic heterocycles. The molecule has 1 saturated carbocycles. The minimum absolute atomic E-state index is 0.128. The zero-order valence-corrected chi connectivity index (χ0v) is 18.3. The van der Waals surface area contributed by atoms with Crippen molar-refractivity contribution in [2.45, 2.75) is 77.6 Å². The standard InChI is InChI=1S/C27H33FO2/c1-3-5-18-7-9-19(10-8-18)20-11-13-21(14-12-20)24-16-15-22-17-23(6-4-2)27(29)30-26(22)25(24)28/h11-16,18-19,23H,3-10,17H2,1-2H3. The van der Waals surface area contributed by atoms with Gasteiger partial charge in [0.1, 0.15) is 0 Å². The minimum Gasteiger partial charge on any atom is -0.423 e. The average molecular weight is 409 g/mol. The third-order valence-electron chi connectivity index (χ3n) is 7.05. The normalized spacial score (nSPS) is 23.7. The molecule has 3 heteroatoms. The molecule has 0 radical (unpaired) electrons. The van der Waals surface area contributed by atoms with E-state index in [4.69, 9.17) is 4.74 Å². The summed E-state index contributed by atoms with van der Waals surface area (Å²) in [5.41, 5.74) is 3.51. The third-order valence-corrected chi connectivity index (χ3v) is 7.05. The molecule has 1 aliphatic carbocycles. The van der Waals surface area contributed by atoms with Gasteiger partial charge < -0.3 is 4.74 Å². The van der Waals surface area contributed by atoms with E-state index in [0.29, 0.717) is 17.9 Å². The van der Waals surface area contributed by atoms with E-state index in [1.165, 1.54) is 44.1 Å². The van der Waals surface area contributed by atoms with E-state index in [-0.39, 0.29) is 17.6 Å². The van der Waals surface area contributed by atoms with Gasteiger partial charge in [0.05, 0.1) is 5.92 Å². The molecule has 1 fully saturated rings. The number of carbonyl (C=O) groups excluding carboxylic acids is 1. The Hall–Kier alpha value is -2.16. The van der Waals surface area contributed by atoms with Crippen molar-refractivity contribution in [3.05, 3.63) is 53.3 Å². The predicted octanol–water partition coefficient (Wildman–Crippen LogP) is 7.44. The van der Waals surface area contributed by atoms with Gasteiger partial charge in [0, 0.05) is 5.56 Å². The molecule has 30 heavy (non-hydrogen) atoms. The van der Waals surface area contributed by atoms with Crippen LogP contribution in [0.5, 0.6) is 5.75 Å². The highest BCUT2D eigenvalue weighted by molar-refractivity contribution is 5.79. The van der Waals surface area contributed by atoms with Crippen molar-refractivity contribution < 1.29 is 13.9 Å². The monoisotopic (exact) mass is 408 g/mol. The van der Waals surface area contributed by atoms with Crippen LogP contribution in [-0.4, -0.2) is 5.97 Å². The second kappa shape index (κ2) is 9.32. The van der Waals surface area contributed by atoms with Crippen LogP contribution >= 0.6 is 0 Å². The molecular formula is C27H33FO2. The molecule has 160 valence electrons. The van der Waals surface area contributed by atoms with Crippen LogP contribution in [0.1, 0.15) is 82.3 Å². The summed E-state index contributed by atoms with van der Waals surface area (Å²) in [5.74, 6) is 0.785. The summed E-state index contributed by atoms with van der Waals surface area (Å²) in [7, 11) is 0. The van der Waals surface area contributed by atoms with E-state index in [1.54, 1.807) is 0 Å². The number of ether oxygens (including phenoxy) is 1. The Morgan fingerprint density at radius 1 is 0.933 bits per heavy atom. The molecule has 1 atom stereocenters. The molecule has 4 rings (SSSR count). The van der Waals surface area contributed by atoms with E-state index in [1.807, 2.05) is 31.2 Å². The number of halogens is 1. The molecule has 0 saturated heterocycles. The largest absolute Gasteiger partial charge is 0.423 e. The fraction of sp³-hybridized carbons (Fsp3) is 0.519. The van der Waals surface area contributed by atoms with Crippen LogP contribution in [0.4, 0.5) is 4.39 Å². The van der Waals surface area contributed by atoms with Crippen LogP contribution in [0.25, 0.3) is 11.1 Å². The van der Waals surface area contributed by atoms with Gasteiger partial charge >= 0.3 is 5.97 Å². The molecule has 1 aliphatic heterocycles. The van der Waals surface area contributed by atoms with Gasteiger partial charge in [-0.25, -0.2) is 4.39 Å². The van der Waals surface area contributed by atoms with Crippen molar-refractivity contribution in [3.63, 3.8) is 0 Å². The van der Waals surface area contributed by atoms with Gasteiger partial charge in [-0.1, -0.05) is 69.5 Å². The Labute approximate surface area is 179 Å². The molecular weight excluding hydrogens is 375 g/mol. The zero-order chi connectivity index (χ0) is 21.1. The summed E-state index contributed by atoms with van der Waals surface area (Å²) >= 11 is 0. The molecule has 0 bridgehead atoms. The Bertz CT molecular complexity index is 878. The number of rotatable bonds is 6. The quantitative estimate of drug-likeness (QED) is 0.367. The van der Waals surface area contributed by atoms with Crippen LogP contribution in [0.15, 0.2) is 36.4 Å². The molecule has 0 N–H and O–H groups in total. The highest BCUT2D eigenvalue weighted by atomic mass is 19.1. The summed E-state index contributed by atoms with van der Waals surface area (Å²) in [6.45, 7) is 4.32. The molecule has 2 aliphatic rings. The number of esters is 1. The van der Waals surface area contributed by atoms with Crippen LogP contribution in [0.3, 0.4) is 0 Å². The van der Waals surface area contributed by atoms with Gasteiger partial charge in [0.2, 0.25) is 0 Å².